The van der Waals surface area contributed by atoms with Crippen LogP contribution in [0, 0.1) is 11.8 Å². The quantitative estimate of drug-likeness (QED) is 0.828. The number of hydrogen-bond donors (Lipinski definition) is 2. The topological polar surface area (TPSA) is 41.1 Å². The lowest BCUT2D eigenvalue weighted by Crippen LogP contribution is -2.37. The molecule has 116 valence electrons. The molecule has 0 spiro atoms. The van der Waals surface area contributed by atoms with Crippen LogP contribution < -0.4 is 10.6 Å². The summed E-state index contributed by atoms with van der Waals surface area (Å²) in [7, 11) is 0. The third kappa shape index (κ3) is 3.78. The van der Waals surface area contributed by atoms with Crippen LogP contribution in [0.25, 0.3) is 0 Å². The number of amides is 1. The Kier molecular flexibility index (Phi) is 5.66. The van der Waals surface area contributed by atoms with Crippen LogP contribution in [0.1, 0.15) is 56.8 Å². The van der Waals surface area contributed by atoms with Crippen LogP contribution in [0.3, 0.4) is 0 Å². The van der Waals surface area contributed by atoms with E-state index < -0.39 is 0 Å². The summed E-state index contributed by atoms with van der Waals surface area (Å²) in [6, 6.07) is 8.11. The Balaban J connectivity index is 2.04. The van der Waals surface area contributed by atoms with Crippen LogP contribution >= 0.6 is 0 Å². The summed E-state index contributed by atoms with van der Waals surface area (Å²) >= 11 is 0. The fraction of sp³-hybridized carbons (Fsp3) is 0.611. The van der Waals surface area contributed by atoms with Gasteiger partial charge in [0.15, 0.2) is 0 Å². The molecule has 0 aromatic heterocycles. The van der Waals surface area contributed by atoms with Gasteiger partial charge in [0.1, 0.15) is 0 Å². The molecule has 3 heteroatoms. The van der Waals surface area contributed by atoms with Crippen molar-refractivity contribution in [1.29, 1.82) is 0 Å². The highest BCUT2D eigenvalue weighted by atomic mass is 16.1. The molecular formula is C18H28N2O. The second kappa shape index (κ2) is 7.48. The normalized spacial score (nSPS) is 24.8. The van der Waals surface area contributed by atoms with Crippen LogP contribution in [-0.2, 0) is 0 Å². The Morgan fingerprint density at radius 2 is 2.00 bits per heavy atom. The van der Waals surface area contributed by atoms with Gasteiger partial charge in [-0.15, -0.1) is 0 Å². The lowest BCUT2D eigenvalue weighted by atomic mass is 9.93. The largest absolute Gasteiger partial charge is 0.384 e. The zero-order valence-corrected chi connectivity index (χ0v) is 13.5. The molecule has 1 amide bonds. The minimum absolute atomic E-state index is 0.0582. The molecule has 1 saturated carbocycles. The number of para-hydroxylation sites is 1. The maximum atomic E-state index is 12.6. The van der Waals surface area contributed by atoms with Crippen molar-refractivity contribution >= 4 is 11.6 Å². The van der Waals surface area contributed by atoms with E-state index in [1.165, 1.54) is 12.8 Å². The van der Waals surface area contributed by atoms with Crippen molar-refractivity contribution in [2.45, 2.75) is 52.5 Å². The van der Waals surface area contributed by atoms with Gasteiger partial charge in [-0.25, -0.2) is 0 Å². The molecule has 2 N–H and O–H groups in total. The van der Waals surface area contributed by atoms with Crippen LogP contribution in [0.5, 0.6) is 0 Å². The molecule has 0 saturated heterocycles. The summed E-state index contributed by atoms with van der Waals surface area (Å²) < 4.78 is 0. The van der Waals surface area contributed by atoms with E-state index in [4.69, 9.17) is 0 Å². The fourth-order valence-corrected chi connectivity index (χ4v) is 3.37. The number of hydrogen-bond acceptors (Lipinski definition) is 2. The van der Waals surface area contributed by atoms with Crippen LogP contribution in [0.15, 0.2) is 24.3 Å². The van der Waals surface area contributed by atoms with Gasteiger partial charge in [0.25, 0.3) is 5.91 Å². The molecule has 1 aromatic carbocycles. The lowest BCUT2D eigenvalue weighted by Gasteiger charge is -2.21. The van der Waals surface area contributed by atoms with Gasteiger partial charge in [-0.3, -0.25) is 4.79 Å². The Bertz CT molecular complexity index is 472. The second-order valence-corrected chi connectivity index (χ2v) is 6.16. The van der Waals surface area contributed by atoms with Crippen molar-refractivity contribution in [3.63, 3.8) is 0 Å². The Hall–Kier alpha value is -1.51. The number of carbonyl (C=O) groups excluding carboxylic acids is 1. The summed E-state index contributed by atoms with van der Waals surface area (Å²) in [5.41, 5.74) is 1.70. The maximum absolute atomic E-state index is 12.6. The van der Waals surface area contributed by atoms with E-state index in [2.05, 4.69) is 31.4 Å². The molecule has 1 aromatic rings. The van der Waals surface area contributed by atoms with Crippen LogP contribution in [0.4, 0.5) is 5.69 Å². The summed E-state index contributed by atoms with van der Waals surface area (Å²) in [6.07, 6.45) is 4.60. The van der Waals surface area contributed by atoms with E-state index in [-0.39, 0.29) is 5.91 Å². The van der Waals surface area contributed by atoms with E-state index in [0.29, 0.717) is 12.0 Å². The molecule has 0 aliphatic heterocycles. The summed E-state index contributed by atoms with van der Waals surface area (Å²) in [6.45, 7) is 7.53. The Morgan fingerprint density at radius 3 is 2.67 bits per heavy atom. The Labute approximate surface area is 128 Å². The summed E-state index contributed by atoms with van der Waals surface area (Å²) in [5, 5.41) is 6.59. The first-order chi connectivity index (χ1) is 10.2. The van der Waals surface area contributed by atoms with E-state index in [9.17, 15) is 4.79 Å². The average molecular weight is 288 g/mol. The lowest BCUT2D eigenvalue weighted by molar-refractivity contribution is 0.0927. The fourth-order valence-electron chi connectivity index (χ4n) is 3.37. The number of nitrogens with one attached hydrogen (secondary N) is 2. The molecule has 1 aliphatic rings. The molecule has 0 bridgehead atoms. The van der Waals surface area contributed by atoms with E-state index >= 15 is 0 Å². The SMILES string of the molecule is CCCNc1ccccc1C(=O)NC1CCC(CC)C1C. The van der Waals surface area contributed by atoms with E-state index in [1.54, 1.807) is 0 Å². The van der Waals surface area contributed by atoms with Gasteiger partial charge in [-0.05, 0) is 43.2 Å². The van der Waals surface area contributed by atoms with Crippen LogP contribution in [-0.4, -0.2) is 18.5 Å². The predicted molar refractivity (Wildman–Crippen MR) is 88.7 cm³/mol. The van der Waals surface area contributed by atoms with Crippen molar-refractivity contribution in [1.82, 2.24) is 5.32 Å². The van der Waals surface area contributed by atoms with Gasteiger partial charge >= 0.3 is 0 Å². The molecule has 21 heavy (non-hydrogen) atoms. The highest BCUT2D eigenvalue weighted by molar-refractivity contribution is 5.99. The molecule has 0 heterocycles. The van der Waals surface area contributed by atoms with Gasteiger partial charge in [0, 0.05) is 18.3 Å². The molecule has 2 rings (SSSR count). The first-order valence-corrected chi connectivity index (χ1v) is 8.31. The van der Waals surface area contributed by atoms with Crippen molar-refractivity contribution in [3.05, 3.63) is 29.8 Å². The molecule has 1 fully saturated rings. The van der Waals surface area contributed by atoms with Gasteiger partial charge < -0.3 is 10.6 Å². The molecule has 3 unspecified atom stereocenters. The number of rotatable bonds is 6. The van der Waals surface area contributed by atoms with Crippen molar-refractivity contribution in [3.8, 4) is 0 Å². The van der Waals surface area contributed by atoms with E-state index in [0.717, 1.165) is 36.6 Å². The molecule has 1 aliphatic carbocycles. The molecule has 0 radical (unpaired) electrons. The number of benzene rings is 1. The van der Waals surface area contributed by atoms with Crippen molar-refractivity contribution < 1.29 is 4.79 Å². The smallest absolute Gasteiger partial charge is 0.253 e. The standard InChI is InChI=1S/C18H28N2O/c1-4-12-19-17-9-7-6-8-15(17)18(21)20-16-11-10-14(5-2)13(16)3/h6-9,13-14,16,19H,4-5,10-12H2,1-3H3,(H,20,21). The third-order valence-corrected chi connectivity index (χ3v) is 4.80. The monoisotopic (exact) mass is 288 g/mol. The zero-order valence-electron chi connectivity index (χ0n) is 13.5. The number of carbonyl (C=O) groups is 1. The molecular weight excluding hydrogens is 260 g/mol. The van der Waals surface area contributed by atoms with E-state index in [1.807, 2.05) is 24.3 Å². The molecule has 3 atom stereocenters. The van der Waals surface area contributed by atoms with Crippen LogP contribution in [0.2, 0.25) is 0 Å². The van der Waals surface area contributed by atoms with Gasteiger partial charge in [0.2, 0.25) is 0 Å². The first-order valence-electron chi connectivity index (χ1n) is 8.31. The summed E-state index contributed by atoms with van der Waals surface area (Å²) in [5.74, 6) is 1.39. The number of anilines is 1. The zero-order chi connectivity index (χ0) is 15.2. The van der Waals surface area contributed by atoms with Gasteiger partial charge in [0.05, 0.1) is 5.56 Å². The van der Waals surface area contributed by atoms with Gasteiger partial charge in [-0.2, -0.15) is 0 Å². The maximum Gasteiger partial charge on any atom is 0.253 e. The molecule has 3 nitrogen and oxygen atoms in total. The third-order valence-electron chi connectivity index (χ3n) is 4.80. The first kappa shape index (κ1) is 15.9. The van der Waals surface area contributed by atoms with Crippen molar-refractivity contribution in [2.75, 3.05) is 11.9 Å². The predicted octanol–water partition coefficient (Wildman–Crippen LogP) is 4.06. The minimum Gasteiger partial charge on any atom is -0.384 e. The second-order valence-electron chi connectivity index (χ2n) is 6.16. The summed E-state index contributed by atoms with van der Waals surface area (Å²) in [4.78, 5) is 12.6. The highest BCUT2D eigenvalue weighted by Crippen LogP contribution is 2.34. The van der Waals surface area contributed by atoms with Crippen molar-refractivity contribution in [2.24, 2.45) is 11.8 Å². The highest BCUT2D eigenvalue weighted by Gasteiger charge is 2.32. The van der Waals surface area contributed by atoms with Gasteiger partial charge in [-0.1, -0.05) is 39.3 Å². The Morgan fingerprint density at radius 1 is 1.24 bits per heavy atom. The minimum atomic E-state index is 0.0582. The average Bonchev–Trinajstić information content (AvgIpc) is 2.85.